The fraction of sp³-hybridized carbons (Fsp3) is 0.533. The van der Waals surface area contributed by atoms with Gasteiger partial charge in [0, 0.05) is 24.5 Å². The molecule has 0 spiro atoms. The van der Waals surface area contributed by atoms with Crippen molar-refractivity contribution < 1.29 is 4.79 Å². The maximum absolute atomic E-state index is 12.0. The molecule has 0 radical (unpaired) electrons. The van der Waals surface area contributed by atoms with Crippen LogP contribution in [0.25, 0.3) is 0 Å². The van der Waals surface area contributed by atoms with Gasteiger partial charge < -0.3 is 15.5 Å². The van der Waals surface area contributed by atoms with Crippen molar-refractivity contribution in [1.29, 1.82) is 0 Å². The van der Waals surface area contributed by atoms with E-state index in [1.807, 2.05) is 12.1 Å². The van der Waals surface area contributed by atoms with Crippen LogP contribution < -0.4 is 15.5 Å². The molecule has 104 valence electrons. The molecule has 1 aromatic rings. The monoisotopic (exact) mass is 261 g/mol. The standard InChI is InChI=1S/C15H23N3O/c1-3-18(4-2)13-9-7-12(8-10-13)17-15(19)14-6-5-11-16-14/h7-10,14,16H,3-6,11H2,1-2H3,(H,17,19)/t14-/m1/s1. The van der Waals surface area contributed by atoms with Crippen molar-refractivity contribution in [3.8, 4) is 0 Å². The van der Waals surface area contributed by atoms with E-state index in [9.17, 15) is 4.79 Å². The number of rotatable bonds is 5. The quantitative estimate of drug-likeness (QED) is 0.854. The van der Waals surface area contributed by atoms with E-state index in [0.717, 1.165) is 38.2 Å². The third-order valence-corrected chi connectivity index (χ3v) is 3.64. The number of hydrogen-bond acceptors (Lipinski definition) is 3. The molecule has 0 aromatic heterocycles. The smallest absolute Gasteiger partial charge is 0.241 e. The van der Waals surface area contributed by atoms with E-state index < -0.39 is 0 Å². The molecule has 1 amide bonds. The Balaban J connectivity index is 1.96. The summed E-state index contributed by atoms with van der Waals surface area (Å²) in [4.78, 5) is 14.2. The van der Waals surface area contributed by atoms with Crippen LogP contribution in [0, 0.1) is 0 Å². The van der Waals surface area contributed by atoms with Crippen LogP contribution in [0.5, 0.6) is 0 Å². The van der Waals surface area contributed by atoms with Gasteiger partial charge in [0.05, 0.1) is 6.04 Å². The molecule has 0 bridgehead atoms. The number of carbonyl (C=O) groups excluding carboxylic acids is 1. The van der Waals surface area contributed by atoms with Crippen molar-refractivity contribution in [2.75, 3.05) is 29.9 Å². The Morgan fingerprint density at radius 2 is 2.00 bits per heavy atom. The fourth-order valence-corrected chi connectivity index (χ4v) is 2.48. The second-order valence-electron chi connectivity index (χ2n) is 4.86. The van der Waals surface area contributed by atoms with Gasteiger partial charge in [-0.05, 0) is 57.5 Å². The minimum Gasteiger partial charge on any atom is -0.372 e. The first kappa shape index (κ1) is 13.9. The number of nitrogens with one attached hydrogen (secondary N) is 2. The predicted octanol–water partition coefficient (Wildman–Crippen LogP) is 2.22. The highest BCUT2D eigenvalue weighted by Crippen LogP contribution is 2.18. The lowest BCUT2D eigenvalue weighted by atomic mass is 10.2. The van der Waals surface area contributed by atoms with Gasteiger partial charge in [0.15, 0.2) is 0 Å². The zero-order valence-electron chi connectivity index (χ0n) is 11.8. The molecule has 0 aliphatic carbocycles. The van der Waals surface area contributed by atoms with E-state index in [0.29, 0.717) is 0 Å². The second kappa shape index (κ2) is 6.57. The number of benzene rings is 1. The average molecular weight is 261 g/mol. The van der Waals surface area contributed by atoms with Crippen LogP contribution in [0.2, 0.25) is 0 Å². The molecule has 19 heavy (non-hydrogen) atoms. The average Bonchev–Trinajstić information content (AvgIpc) is 2.96. The third kappa shape index (κ3) is 3.47. The number of amides is 1. The van der Waals surface area contributed by atoms with E-state index in [4.69, 9.17) is 0 Å². The van der Waals surface area contributed by atoms with Gasteiger partial charge in [-0.15, -0.1) is 0 Å². The molecule has 1 aliphatic heterocycles. The van der Waals surface area contributed by atoms with E-state index in [-0.39, 0.29) is 11.9 Å². The van der Waals surface area contributed by atoms with Crippen LogP contribution in [-0.4, -0.2) is 31.6 Å². The zero-order valence-corrected chi connectivity index (χ0v) is 11.8. The molecule has 0 saturated carbocycles. The summed E-state index contributed by atoms with van der Waals surface area (Å²) in [5, 5.41) is 6.17. The first-order valence-electron chi connectivity index (χ1n) is 7.13. The molecule has 1 fully saturated rings. The summed E-state index contributed by atoms with van der Waals surface area (Å²) in [6.45, 7) is 7.22. The number of nitrogens with zero attached hydrogens (tertiary/aromatic N) is 1. The summed E-state index contributed by atoms with van der Waals surface area (Å²) < 4.78 is 0. The number of hydrogen-bond donors (Lipinski definition) is 2. The predicted molar refractivity (Wildman–Crippen MR) is 79.7 cm³/mol. The lowest BCUT2D eigenvalue weighted by Crippen LogP contribution is -2.35. The second-order valence-corrected chi connectivity index (χ2v) is 4.86. The minimum atomic E-state index is -0.0255. The normalized spacial score (nSPS) is 18.3. The molecule has 1 saturated heterocycles. The van der Waals surface area contributed by atoms with Crippen molar-refractivity contribution >= 4 is 17.3 Å². The summed E-state index contributed by atoms with van der Waals surface area (Å²) >= 11 is 0. The maximum Gasteiger partial charge on any atom is 0.241 e. The van der Waals surface area contributed by atoms with Crippen molar-refractivity contribution in [2.45, 2.75) is 32.7 Å². The lowest BCUT2D eigenvalue weighted by molar-refractivity contribution is -0.117. The van der Waals surface area contributed by atoms with Crippen LogP contribution in [0.15, 0.2) is 24.3 Å². The molecule has 1 heterocycles. The van der Waals surface area contributed by atoms with Gasteiger partial charge in [-0.3, -0.25) is 4.79 Å². The highest BCUT2D eigenvalue weighted by molar-refractivity contribution is 5.95. The van der Waals surface area contributed by atoms with Crippen LogP contribution in [0.3, 0.4) is 0 Å². The third-order valence-electron chi connectivity index (χ3n) is 3.64. The highest BCUT2D eigenvalue weighted by atomic mass is 16.2. The van der Waals surface area contributed by atoms with Gasteiger partial charge in [-0.2, -0.15) is 0 Å². The van der Waals surface area contributed by atoms with Crippen LogP contribution in [0.1, 0.15) is 26.7 Å². The van der Waals surface area contributed by atoms with Crippen LogP contribution in [0.4, 0.5) is 11.4 Å². The lowest BCUT2D eigenvalue weighted by Gasteiger charge is -2.21. The van der Waals surface area contributed by atoms with Crippen molar-refractivity contribution in [1.82, 2.24) is 5.32 Å². The molecular formula is C15H23N3O. The fourth-order valence-electron chi connectivity index (χ4n) is 2.48. The molecule has 1 atom stereocenters. The molecule has 4 heteroatoms. The molecule has 2 N–H and O–H groups in total. The Morgan fingerprint density at radius 3 is 2.53 bits per heavy atom. The molecule has 4 nitrogen and oxygen atoms in total. The SMILES string of the molecule is CCN(CC)c1ccc(NC(=O)[C@H]2CCCN2)cc1. The molecular weight excluding hydrogens is 238 g/mol. The summed E-state index contributed by atoms with van der Waals surface area (Å²) in [6, 6.07) is 8.04. The van der Waals surface area contributed by atoms with Crippen LogP contribution >= 0.6 is 0 Å². The van der Waals surface area contributed by atoms with E-state index in [2.05, 4.69) is 41.5 Å². The summed E-state index contributed by atoms with van der Waals surface area (Å²) in [5.41, 5.74) is 2.07. The first-order chi connectivity index (χ1) is 9.24. The number of carbonyl (C=O) groups is 1. The summed E-state index contributed by atoms with van der Waals surface area (Å²) in [7, 11) is 0. The number of anilines is 2. The Labute approximate surface area is 115 Å². The van der Waals surface area contributed by atoms with Crippen molar-refractivity contribution in [3.63, 3.8) is 0 Å². The van der Waals surface area contributed by atoms with Gasteiger partial charge in [0.25, 0.3) is 0 Å². The summed E-state index contributed by atoms with van der Waals surface area (Å²) in [5.74, 6) is 0.0769. The van der Waals surface area contributed by atoms with Crippen LogP contribution in [-0.2, 0) is 4.79 Å². The first-order valence-corrected chi connectivity index (χ1v) is 7.13. The molecule has 1 aliphatic rings. The zero-order chi connectivity index (χ0) is 13.7. The van der Waals surface area contributed by atoms with Gasteiger partial charge in [-0.25, -0.2) is 0 Å². The van der Waals surface area contributed by atoms with Gasteiger partial charge >= 0.3 is 0 Å². The maximum atomic E-state index is 12.0. The molecule has 0 unspecified atom stereocenters. The Bertz CT molecular complexity index is 406. The summed E-state index contributed by atoms with van der Waals surface area (Å²) in [6.07, 6.45) is 2.02. The van der Waals surface area contributed by atoms with Gasteiger partial charge in [-0.1, -0.05) is 0 Å². The van der Waals surface area contributed by atoms with E-state index in [1.54, 1.807) is 0 Å². The van der Waals surface area contributed by atoms with E-state index in [1.165, 1.54) is 5.69 Å². The Morgan fingerprint density at radius 1 is 1.32 bits per heavy atom. The van der Waals surface area contributed by atoms with E-state index >= 15 is 0 Å². The topological polar surface area (TPSA) is 44.4 Å². The minimum absolute atomic E-state index is 0.0255. The highest BCUT2D eigenvalue weighted by Gasteiger charge is 2.21. The van der Waals surface area contributed by atoms with Crippen molar-refractivity contribution in [3.05, 3.63) is 24.3 Å². The van der Waals surface area contributed by atoms with Gasteiger partial charge in [0.1, 0.15) is 0 Å². The Kier molecular flexibility index (Phi) is 4.80. The molecule has 1 aromatic carbocycles. The molecule has 2 rings (SSSR count). The van der Waals surface area contributed by atoms with Gasteiger partial charge in [0.2, 0.25) is 5.91 Å². The Hall–Kier alpha value is -1.55. The van der Waals surface area contributed by atoms with Crippen molar-refractivity contribution in [2.24, 2.45) is 0 Å². The largest absolute Gasteiger partial charge is 0.372 e.